The molecule has 0 saturated heterocycles. The maximum Gasteiger partial charge on any atom is 0.429 e. The van der Waals surface area contributed by atoms with Gasteiger partial charge in [-0.15, -0.1) is 0 Å². The number of nitrogens with one attached hydrogen (secondary N) is 2. The molecule has 5 rings (SSSR count). The van der Waals surface area contributed by atoms with E-state index >= 15 is 0 Å². The fourth-order valence-electron chi connectivity index (χ4n) is 3.61. The topological polar surface area (TPSA) is 128 Å². The molecule has 1 unspecified atom stereocenters. The minimum Gasteiger partial charge on any atom is -0.457 e. The maximum atomic E-state index is 14.2. The molecule has 2 aliphatic rings. The summed E-state index contributed by atoms with van der Waals surface area (Å²) in [5.41, 5.74) is 2.81. The van der Waals surface area contributed by atoms with E-state index in [1.54, 1.807) is 24.4 Å². The normalized spacial score (nSPS) is 16.7. The lowest BCUT2D eigenvalue weighted by molar-refractivity contribution is -0.198. The first-order chi connectivity index (χ1) is 18.1. The van der Waals surface area contributed by atoms with Crippen molar-refractivity contribution in [2.45, 2.75) is 25.1 Å². The molecule has 0 amide bonds. The second-order valence-corrected chi connectivity index (χ2v) is 10.5. The first kappa shape index (κ1) is 25.9. The van der Waals surface area contributed by atoms with E-state index in [0.29, 0.717) is 11.7 Å². The number of aromatic nitrogens is 3. The van der Waals surface area contributed by atoms with Crippen molar-refractivity contribution < 1.29 is 35.9 Å². The second-order valence-electron chi connectivity index (χ2n) is 8.64. The van der Waals surface area contributed by atoms with Crippen LogP contribution in [0.5, 0.6) is 5.88 Å². The Labute approximate surface area is 215 Å². The quantitative estimate of drug-likeness (QED) is 0.385. The van der Waals surface area contributed by atoms with Gasteiger partial charge >= 0.3 is 6.18 Å². The van der Waals surface area contributed by atoms with E-state index in [1.165, 1.54) is 30.3 Å². The molecule has 2 N–H and O–H groups in total. The Kier molecular flexibility index (Phi) is 6.98. The third-order valence-electron chi connectivity index (χ3n) is 5.69. The lowest BCUT2D eigenvalue weighted by atomic mass is 10.1. The fraction of sp³-hybridized carbons (Fsp3) is 0.348. The standard InChI is InChI=1S/C23H23F3N6O5S/c1-35-10-11-38(33,34)30-21-22(29-17-5-3-2-4-16(17)28-21)36-20(23(24,25)26)15-8-9-19(27-12-15)32-13-18(37-31-32)14-6-7-14/h2-5,8-9,12-14,20,31H,6-7,10-11H2,1H3,(H,28,30). The molecular weight excluding hydrogens is 529 g/mol. The number of alkyl halides is 3. The number of hydrogen-bond acceptors (Lipinski definition) is 10. The number of hydrazine groups is 1. The summed E-state index contributed by atoms with van der Waals surface area (Å²) in [4.78, 5) is 17.8. The van der Waals surface area contributed by atoms with Gasteiger partial charge in [-0.1, -0.05) is 17.7 Å². The lowest BCUT2D eigenvalue weighted by Gasteiger charge is -2.23. The molecule has 2 aromatic heterocycles. The Morgan fingerprint density at radius 3 is 2.55 bits per heavy atom. The van der Waals surface area contributed by atoms with E-state index in [2.05, 4.69) is 25.3 Å². The highest BCUT2D eigenvalue weighted by atomic mass is 32.2. The third kappa shape index (κ3) is 5.89. The average molecular weight is 553 g/mol. The number of nitrogens with zero attached hydrogens (tertiary/aromatic N) is 4. The molecular formula is C23H23F3N6O5S. The van der Waals surface area contributed by atoms with Crippen LogP contribution in [0, 0.1) is 5.92 Å². The predicted octanol–water partition coefficient (Wildman–Crippen LogP) is 3.60. The molecule has 1 fully saturated rings. The zero-order valence-electron chi connectivity index (χ0n) is 20.0. The number of sulfonamides is 1. The van der Waals surface area contributed by atoms with E-state index in [-0.39, 0.29) is 23.2 Å². The molecule has 0 bridgehead atoms. The third-order valence-corrected chi connectivity index (χ3v) is 6.90. The van der Waals surface area contributed by atoms with E-state index < -0.39 is 39.8 Å². The highest BCUT2D eigenvalue weighted by Crippen LogP contribution is 2.40. The van der Waals surface area contributed by atoms with Gasteiger partial charge < -0.3 is 14.3 Å². The number of para-hydroxylation sites is 2. The fourth-order valence-corrected chi connectivity index (χ4v) is 4.52. The van der Waals surface area contributed by atoms with Crippen LogP contribution < -0.4 is 20.1 Å². The van der Waals surface area contributed by atoms with Crippen molar-refractivity contribution in [2.75, 3.05) is 29.2 Å². The number of methoxy groups -OCH3 is 1. The highest BCUT2D eigenvalue weighted by molar-refractivity contribution is 7.92. The van der Waals surface area contributed by atoms with Crippen LogP contribution in [-0.2, 0) is 19.6 Å². The second kappa shape index (κ2) is 10.2. The van der Waals surface area contributed by atoms with E-state index in [4.69, 9.17) is 14.3 Å². The summed E-state index contributed by atoms with van der Waals surface area (Å²) in [5.74, 6) is -0.182. The van der Waals surface area contributed by atoms with Crippen molar-refractivity contribution in [3.63, 3.8) is 0 Å². The van der Waals surface area contributed by atoms with E-state index in [1.807, 2.05) is 0 Å². The molecule has 1 aromatic carbocycles. The summed E-state index contributed by atoms with van der Waals surface area (Å²) in [7, 11) is -2.70. The highest BCUT2D eigenvalue weighted by Gasteiger charge is 2.44. The molecule has 1 saturated carbocycles. The van der Waals surface area contributed by atoms with Gasteiger partial charge in [-0.2, -0.15) is 13.2 Å². The molecule has 1 aliphatic heterocycles. The lowest BCUT2D eigenvalue weighted by Crippen LogP contribution is -2.29. The monoisotopic (exact) mass is 552 g/mol. The number of pyridine rings is 1. The van der Waals surface area contributed by atoms with Gasteiger partial charge in [0.2, 0.25) is 21.9 Å². The zero-order chi connectivity index (χ0) is 26.9. The van der Waals surface area contributed by atoms with Crippen molar-refractivity contribution in [2.24, 2.45) is 5.92 Å². The van der Waals surface area contributed by atoms with Crippen molar-refractivity contribution >= 4 is 32.7 Å². The minimum absolute atomic E-state index is 0.135. The summed E-state index contributed by atoms with van der Waals surface area (Å²) in [6.07, 6.45) is -2.65. The zero-order valence-corrected chi connectivity index (χ0v) is 20.8. The molecule has 38 heavy (non-hydrogen) atoms. The Balaban J connectivity index is 1.45. The molecule has 0 radical (unpaired) electrons. The number of halogens is 3. The van der Waals surface area contributed by atoms with Gasteiger partial charge in [0.25, 0.3) is 5.88 Å². The van der Waals surface area contributed by atoms with Gasteiger partial charge in [0.1, 0.15) is 11.6 Å². The molecule has 3 heterocycles. The largest absolute Gasteiger partial charge is 0.457 e. The van der Waals surface area contributed by atoms with Crippen LogP contribution >= 0.6 is 0 Å². The number of fused-ring (bicyclic) bond motifs is 1. The molecule has 202 valence electrons. The Hall–Kier alpha value is -3.69. The molecule has 15 heteroatoms. The van der Waals surface area contributed by atoms with Crippen LogP contribution in [0.15, 0.2) is 54.6 Å². The van der Waals surface area contributed by atoms with Crippen LogP contribution in [0.4, 0.5) is 24.8 Å². The SMILES string of the molecule is COCCS(=O)(=O)Nc1nc2ccccc2nc1OC(c1ccc(N2C=C(C3CC3)ON2)nc1)C(F)(F)F. The van der Waals surface area contributed by atoms with Crippen molar-refractivity contribution in [1.82, 2.24) is 20.5 Å². The predicted molar refractivity (Wildman–Crippen MR) is 130 cm³/mol. The number of rotatable bonds is 10. The van der Waals surface area contributed by atoms with Crippen LogP contribution in [-0.4, -0.2) is 49.0 Å². The maximum absolute atomic E-state index is 14.2. The van der Waals surface area contributed by atoms with Gasteiger partial charge in [0.15, 0.2) is 0 Å². The van der Waals surface area contributed by atoms with Crippen molar-refractivity contribution in [1.29, 1.82) is 0 Å². The summed E-state index contributed by atoms with van der Waals surface area (Å²) in [6, 6.07) is 8.90. The first-order valence-corrected chi connectivity index (χ1v) is 13.2. The number of anilines is 2. The Bertz CT molecular complexity index is 1450. The van der Waals surface area contributed by atoms with Crippen LogP contribution in [0.25, 0.3) is 11.0 Å². The number of benzene rings is 1. The first-order valence-electron chi connectivity index (χ1n) is 11.5. The van der Waals surface area contributed by atoms with Gasteiger partial charge in [0.05, 0.1) is 29.6 Å². The number of ether oxygens (including phenoxy) is 2. The summed E-state index contributed by atoms with van der Waals surface area (Å²) in [5, 5.41) is 1.46. The van der Waals surface area contributed by atoms with Crippen molar-refractivity contribution in [3.8, 4) is 5.88 Å². The van der Waals surface area contributed by atoms with Gasteiger partial charge in [-0.05, 0) is 37.1 Å². The number of allylic oxidation sites excluding steroid dienone is 1. The average Bonchev–Trinajstić information content (AvgIpc) is 3.62. The molecule has 3 aromatic rings. The van der Waals surface area contributed by atoms with Gasteiger partial charge in [-0.3, -0.25) is 4.72 Å². The molecule has 0 spiro atoms. The van der Waals surface area contributed by atoms with E-state index in [0.717, 1.165) is 24.8 Å². The smallest absolute Gasteiger partial charge is 0.429 e. The van der Waals surface area contributed by atoms with Gasteiger partial charge in [0, 0.05) is 24.8 Å². The summed E-state index contributed by atoms with van der Waals surface area (Å²) >= 11 is 0. The summed E-state index contributed by atoms with van der Waals surface area (Å²) < 4.78 is 79.7. The minimum atomic E-state index is -4.89. The summed E-state index contributed by atoms with van der Waals surface area (Å²) in [6.45, 7) is -0.135. The van der Waals surface area contributed by atoms with Crippen LogP contribution in [0.1, 0.15) is 24.5 Å². The van der Waals surface area contributed by atoms with E-state index in [9.17, 15) is 21.6 Å². The van der Waals surface area contributed by atoms with Crippen LogP contribution in [0.3, 0.4) is 0 Å². The van der Waals surface area contributed by atoms with Crippen LogP contribution in [0.2, 0.25) is 0 Å². The molecule has 11 nitrogen and oxygen atoms in total. The number of hydrogen-bond donors (Lipinski definition) is 2. The molecule has 1 atom stereocenters. The molecule has 1 aliphatic carbocycles. The Morgan fingerprint density at radius 1 is 1.18 bits per heavy atom. The van der Waals surface area contributed by atoms with Gasteiger partial charge in [-0.25, -0.2) is 28.4 Å². The Morgan fingerprint density at radius 2 is 1.92 bits per heavy atom. The van der Waals surface area contributed by atoms with Crippen molar-refractivity contribution in [3.05, 3.63) is 60.1 Å².